The van der Waals surface area contributed by atoms with Gasteiger partial charge in [0.1, 0.15) is 6.17 Å². The molecule has 1 atom stereocenters. The number of fused-ring (bicyclic) bond motifs is 1. The summed E-state index contributed by atoms with van der Waals surface area (Å²) in [6.07, 6.45) is -0.186. The highest BCUT2D eigenvalue weighted by atomic mass is 35.5. The Morgan fingerprint density at radius 2 is 1.91 bits per heavy atom. The van der Waals surface area contributed by atoms with Crippen LogP contribution in [0.5, 0.6) is 0 Å². The van der Waals surface area contributed by atoms with Crippen LogP contribution in [0.1, 0.15) is 22.1 Å². The van der Waals surface area contributed by atoms with Gasteiger partial charge in [-0.3, -0.25) is 4.79 Å². The minimum atomic E-state index is -0.186. The Labute approximate surface area is 141 Å². The van der Waals surface area contributed by atoms with Gasteiger partial charge >= 0.3 is 0 Å². The molecule has 0 saturated heterocycles. The van der Waals surface area contributed by atoms with Gasteiger partial charge in [-0.1, -0.05) is 41.9 Å². The molecule has 2 aromatic rings. The quantitative estimate of drug-likeness (QED) is 0.936. The first-order valence-corrected chi connectivity index (χ1v) is 8.01. The number of carbonyl (C=O) groups excluding carboxylic acids is 1. The second kappa shape index (κ2) is 6.60. The van der Waals surface area contributed by atoms with Gasteiger partial charge in [0.05, 0.1) is 11.3 Å². The van der Waals surface area contributed by atoms with Crippen LogP contribution in [0.15, 0.2) is 48.5 Å². The van der Waals surface area contributed by atoms with Gasteiger partial charge in [-0.15, -0.1) is 0 Å². The molecule has 0 bridgehead atoms. The highest BCUT2D eigenvalue weighted by Crippen LogP contribution is 2.34. The monoisotopic (exact) mass is 329 g/mol. The number of nitrogens with one attached hydrogen (secondary N) is 1. The molecule has 0 saturated carbocycles. The molecule has 1 N–H and O–H groups in total. The normalized spacial score (nSPS) is 17.1. The molecule has 0 unspecified atom stereocenters. The molecule has 4 nitrogen and oxygen atoms in total. The molecule has 0 aliphatic carbocycles. The maximum absolute atomic E-state index is 12.5. The zero-order valence-corrected chi connectivity index (χ0v) is 14.0. The molecule has 0 fully saturated rings. The summed E-state index contributed by atoms with van der Waals surface area (Å²) >= 11 is 6.18. The minimum absolute atomic E-state index is 0.0633. The number of likely N-dealkylation sites (N-methyl/N-ethyl adjacent to an activating group) is 1. The number of carbonyl (C=O) groups is 1. The van der Waals surface area contributed by atoms with Crippen LogP contribution in [0, 0.1) is 0 Å². The molecular formula is C18H20ClN3O. The van der Waals surface area contributed by atoms with Crippen molar-refractivity contribution in [1.29, 1.82) is 0 Å². The molecular weight excluding hydrogens is 310 g/mol. The molecule has 0 radical (unpaired) electrons. The van der Waals surface area contributed by atoms with Crippen molar-refractivity contribution in [3.05, 3.63) is 64.7 Å². The van der Waals surface area contributed by atoms with E-state index in [1.165, 1.54) is 0 Å². The predicted molar refractivity (Wildman–Crippen MR) is 94.0 cm³/mol. The maximum Gasteiger partial charge on any atom is 0.255 e. The topological polar surface area (TPSA) is 35.6 Å². The lowest BCUT2D eigenvalue weighted by molar-refractivity contribution is 0.0926. The second-order valence-electron chi connectivity index (χ2n) is 5.94. The average Bonchev–Trinajstić information content (AvgIpc) is 2.54. The van der Waals surface area contributed by atoms with E-state index in [9.17, 15) is 4.79 Å². The van der Waals surface area contributed by atoms with Crippen molar-refractivity contribution < 1.29 is 4.79 Å². The minimum Gasteiger partial charge on any atom is -0.345 e. The van der Waals surface area contributed by atoms with Crippen LogP contribution < -0.4 is 10.2 Å². The van der Waals surface area contributed by atoms with Crippen LogP contribution in [0.25, 0.3) is 0 Å². The van der Waals surface area contributed by atoms with Crippen molar-refractivity contribution in [1.82, 2.24) is 10.2 Å². The molecule has 1 aliphatic heterocycles. The van der Waals surface area contributed by atoms with Gasteiger partial charge in [-0.2, -0.15) is 0 Å². The summed E-state index contributed by atoms with van der Waals surface area (Å²) in [6.45, 7) is 1.67. The lowest BCUT2D eigenvalue weighted by Gasteiger charge is -2.40. The van der Waals surface area contributed by atoms with Gasteiger partial charge < -0.3 is 15.1 Å². The van der Waals surface area contributed by atoms with Crippen LogP contribution in [0.2, 0.25) is 5.02 Å². The maximum atomic E-state index is 12.5. The Kier molecular flexibility index (Phi) is 4.55. The molecule has 120 valence electrons. The zero-order valence-electron chi connectivity index (χ0n) is 13.3. The number of hydrogen-bond acceptors (Lipinski definition) is 3. The van der Waals surface area contributed by atoms with Crippen LogP contribution in [-0.2, 0) is 0 Å². The van der Waals surface area contributed by atoms with Crippen molar-refractivity contribution in [2.75, 3.05) is 32.1 Å². The van der Waals surface area contributed by atoms with Gasteiger partial charge in [0, 0.05) is 18.1 Å². The first-order chi connectivity index (χ1) is 11.1. The first-order valence-electron chi connectivity index (χ1n) is 7.63. The Morgan fingerprint density at radius 1 is 1.17 bits per heavy atom. The van der Waals surface area contributed by atoms with Crippen LogP contribution in [-0.4, -0.2) is 38.0 Å². The number of halogens is 1. The smallest absolute Gasteiger partial charge is 0.255 e. The fraction of sp³-hybridized carbons (Fsp3) is 0.278. The first kappa shape index (κ1) is 15.8. The summed E-state index contributed by atoms with van der Waals surface area (Å²) in [4.78, 5) is 16.8. The van der Waals surface area contributed by atoms with E-state index in [0.717, 1.165) is 24.3 Å². The van der Waals surface area contributed by atoms with Gasteiger partial charge in [-0.25, -0.2) is 0 Å². The summed E-state index contributed by atoms with van der Waals surface area (Å²) in [5.41, 5.74) is 2.61. The standard InChI is InChI=1S/C18H20ClN3O/c1-21(2)10-11-22-16-12-14(19)8-9-15(16)18(23)20-17(22)13-6-4-3-5-7-13/h3-9,12,17H,10-11H2,1-2H3,(H,20,23)/t17-/m1/s1. The summed E-state index contributed by atoms with van der Waals surface area (Å²) in [5, 5.41) is 3.75. The largest absolute Gasteiger partial charge is 0.345 e. The van der Waals surface area contributed by atoms with E-state index < -0.39 is 0 Å². The van der Waals surface area contributed by atoms with Gasteiger partial charge in [-0.05, 0) is 37.9 Å². The zero-order chi connectivity index (χ0) is 16.4. The van der Waals surface area contributed by atoms with E-state index >= 15 is 0 Å². The number of hydrogen-bond donors (Lipinski definition) is 1. The van der Waals surface area contributed by atoms with E-state index in [-0.39, 0.29) is 12.1 Å². The van der Waals surface area contributed by atoms with Crippen LogP contribution >= 0.6 is 11.6 Å². The van der Waals surface area contributed by atoms with Crippen molar-refractivity contribution >= 4 is 23.2 Å². The van der Waals surface area contributed by atoms with Crippen LogP contribution in [0.4, 0.5) is 5.69 Å². The second-order valence-corrected chi connectivity index (χ2v) is 6.38. The Morgan fingerprint density at radius 3 is 2.61 bits per heavy atom. The molecule has 0 aromatic heterocycles. The Bertz CT molecular complexity index is 703. The molecule has 0 spiro atoms. The number of amides is 1. The van der Waals surface area contributed by atoms with Crippen LogP contribution in [0.3, 0.4) is 0 Å². The van der Waals surface area contributed by atoms with Gasteiger partial charge in [0.2, 0.25) is 0 Å². The molecule has 3 rings (SSSR count). The van der Waals surface area contributed by atoms with Crippen molar-refractivity contribution in [3.8, 4) is 0 Å². The van der Waals surface area contributed by atoms with Crippen molar-refractivity contribution in [3.63, 3.8) is 0 Å². The number of benzene rings is 2. The van der Waals surface area contributed by atoms with Gasteiger partial charge in [0.15, 0.2) is 0 Å². The van der Waals surface area contributed by atoms with E-state index in [1.807, 2.05) is 50.5 Å². The average molecular weight is 330 g/mol. The third-order valence-corrected chi connectivity index (χ3v) is 4.23. The molecule has 23 heavy (non-hydrogen) atoms. The fourth-order valence-electron chi connectivity index (χ4n) is 2.81. The SMILES string of the molecule is CN(C)CCN1c2cc(Cl)ccc2C(=O)N[C@H]1c1ccccc1. The summed E-state index contributed by atoms with van der Waals surface area (Å²) in [5.74, 6) is -0.0633. The molecule has 1 aliphatic rings. The fourth-order valence-corrected chi connectivity index (χ4v) is 2.98. The van der Waals surface area contributed by atoms with Gasteiger partial charge in [0.25, 0.3) is 5.91 Å². The third-order valence-electron chi connectivity index (χ3n) is 4.00. The molecule has 1 amide bonds. The van der Waals surface area contributed by atoms with E-state index in [1.54, 1.807) is 12.1 Å². The van der Waals surface area contributed by atoms with E-state index in [4.69, 9.17) is 11.6 Å². The molecule has 1 heterocycles. The molecule has 5 heteroatoms. The van der Waals surface area contributed by atoms with Crippen molar-refractivity contribution in [2.45, 2.75) is 6.17 Å². The summed E-state index contributed by atoms with van der Waals surface area (Å²) in [7, 11) is 4.08. The summed E-state index contributed by atoms with van der Waals surface area (Å²) in [6, 6.07) is 15.4. The lowest BCUT2D eigenvalue weighted by Crippen LogP contribution is -2.48. The highest BCUT2D eigenvalue weighted by Gasteiger charge is 2.31. The van der Waals surface area contributed by atoms with Crippen molar-refractivity contribution in [2.24, 2.45) is 0 Å². The third kappa shape index (κ3) is 3.33. The molecule has 2 aromatic carbocycles. The Hall–Kier alpha value is -2.04. The van der Waals surface area contributed by atoms with E-state index in [0.29, 0.717) is 10.6 Å². The number of nitrogens with zero attached hydrogens (tertiary/aromatic N) is 2. The predicted octanol–water partition coefficient (Wildman–Crippen LogP) is 3.15. The number of rotatable bonds is 4. The Balaban J connectivity index is 2.04. The lowest BCUT2D eigenvalue weighted by atomic mass is 10.0. The summed E-state index contributed by atoms with van der Waals surface area (Å²) < 4.78 is 0. The number of anilines is 1. The van der Waals surface area contributed by atoms with E-state index in [2.05, 4.69) is 15.1 Å². The highest BCUT2D eigenvalue weighted by molar-refractivity contribution is 6.31.